The molecule has 3 nitrogen and oxygen atoms in total. The van der Waals surface area contributed by atoms with Gasteiger partial charge in [-0.2, -0.15) is 10.2 Å². The summed E-state index contributed by atoms with van der Waals surface area (Å²) in [6.45, 7) is 0. The predicted molar refractivity (Wildman–Crippen MR) is 115 cm³/mol. The number of anilines is 1. The fourth-order valence-electron chi connectivity index (χ4n) is 2.74. The minimum absolute atomic E-state index is 0.902. The second kappa shape index (κ2) is 7.48. The van der Waals surface area contributed by atoms with E-state index in [2.05, 4.69) is 67.6 Å². The number of nitrogens with one attached hydrogen (secondary N) is 1. The molecule has 0 aromatic heterocycles. The van der Waals surface area contributed by atoms with Crippen LogP contribution < -0.4 is 10.5 Å². The van der Waals surface area contributed by atoms with Crippen LogP contribution >= 0.6 is 31.9 Å². The molecule has 0 amide bonds. The summed E-state index contributed by atoms with van der Waals surface area (Å²) in [7, 11) is 0. The molecule has 0 spiro atoms. The van der Waals surface area contributed by atoms with Gasteiger partial charge in [0.2, 0.25) is 0 Å². The second-order valence-corrected chi connectivity index (χ2v) is 7.66. The molecule has 3 aromatic carbocycles. The summed E-state index contributed by atoms with van der Waals surface area (Å²) in [5.41, 5.74) is 8.39. The number of hydrogen-bond donors (Lipinski definition) is 1. The van der Waals surface area contributed by atoms with E-state index < -0.39 is 0 Å². The van der Waals surface area contributed by atoms with Gasteiger partial charge in [0.15, 0.2) is 0 Å². The lowest BCUT2D eigenvalue weighted by Crippen LogP contribution is -2.36. The Balaban J connectivity index is 1.81. The Hall–Kier alpha value is -2.37. The molecule has 26 heavy (non-hydrogen) atoms. The highest BCUT2D eigenvalue weighted by atomic mass is 79.9. The van der Waals surface area contributed by atoms with Crippen LogP contribution in [0, 0.1) is 0 Å². The highest BCUT2D eigenvalue weighted by Gasteiger charge is 2.17. The maximum Gasteiger partial charge on any atom is 0.0949 e. The standard InChI is InChI=1S/C21H15Br2N3/c22-17-11-16(12-18(23)13-17)21-14-20(15-7-3-1-4-8-15)24-26(25-21)19-9-5-2-6-10-19/h1-14,25H. The van der Waals surface area contributed by atoms with Crippen molar-refractivity contribution in [3.05, 3.63) is 105 Å². The number of allylic oxidation sites excluding steroid dienone is 1. The predicted octanol–water partition coefficient (Wildman–Crippen LogP) is 5.98. The summed E-state index contributed by atoms with van der Waals surface area (Å²) in [6.07, 6.45) is 2.07. The molecule has 4 rings (SSSR count). The van der Waals surface area contributed by atoms with Gasteiger partial charge >= 0.3 is 0 Å². The largest absolute Gasteiger partial charge is 0.277 e. The molecule has 0 atom stereocenters. The van der Waals surface area contributed by atoms with Gasteiger partial charge in [-0.3, -0.25) is 5.43 Å². The van der Waals surface area contributed by atoms with Crippen LogP contribution in [0.15, 0.2) is 99.0 Å². The quantitative estimate of drug-likeness (QED) is 0.511. The van der Waals surface area contributed by atoms with Crippen molar-refractivity contribution in [1.29, 1.82) is 0 Å². The molecule has 0 saturated carbocycles. The zero-order chi connectivity index (χ0) is 17.9. The maximum atomic E-state index is 4.78. The number of rotatable bonds is 3. The highest BCUT2D eigenvalue weighted by molar-refractivity contribution is 9.11. The first-order valence-electron chi connectivity index (χ1n) is 8.13. The molecule has 5 heteroatoms. The van der Waals surface area contributed by atoms with Gasteiger partial charge in [0, 0.05) is 20.1 Å². The van der Waals surface area contributed by atoms with Crippen molar-refractivity contribution in [2.24, 2.45) is 5.10 Å². The molecule has 1 N–H and O–H groups in total. The second-order valence-electron chi connectivity index (χ2n) is 5.83. The monoisotopic (exact) mass is 467 g/mol. The van der Waals surface area contributed by atoms with Crippen molar-refractivity contribution < 1.29 is 0 Å². The van der Waals surface area contributed by atoms with Crippen LogP contribution in [0.1, 0.15) is 11.1 Å². The Morgan fingerprint density at radius 3 is 2.00 bits per heavy atom. The van der Waals surface area contributed by atoms with E-state index in [1.165, 1.54) is 0 Å². The third kappa shape index (κ3) is 3.74. The maximum absolute atomic E-state index is 4.78. The van der Waals surface area contributed by atoms with Crippen LogP contribution in [0.5, 0.6) is 0 Å². The Morgan fingerprint density at radius 2 is 1.35 bits per heavy atom. The fourth-order valence-corrected chi connectivity index (χ4v) is 4.04. The molecule has 1 aliphatic heterocycles. The number of hydrogen-bond acceptors (Lipinski definition) is 3. The van der Waals surface area contributed by atoms with Gasteiger partial charge in [-0.1, -0.05) is 80.4 Å². The minimum Gasteiger partial charge on any atom is -0.277 e. The zero-order valence-corrected chi connectivity index (χ0v) is 16.9. The molecule has 0 fully saturated rings. The number of benzene rings is 3. The SMILES string of the molecule is Brc1cc(Br)cc(C2=CC(c3ccccc3)=NN(c3ccccc3)N2)c1. The fraction of sp³-hybridized carbons (Fsp3) is 0. The van der Waals surface area contributed by atoms with Gasteiger partial charge in [-0.25, -0.2) is 0 Å². The molecule has 1 heterocycles. The molecule has 1 aliphatic rings. The summed E-state index contributed by atoms with van der Waals surface area (Å²) >= 11 is 7.14. The number of nitrogens with zero attached hydrogens (tertiary/aromatic N) is 2. The van der Waals surface area contributed by atoms with Crippen molar-refractivity contribution in [2.45, 2.75) is 0 Å². The van der Waals surface area contributed by atoms with E-state index in [1.807, 2.05) is 59.7 Å². The number of hydrazone groups is 1. The first-order chi connectivity index (χ1) is 12.7. The van der Waals surface area contributed by atoms with Gasteiger partial charge in [0.25, 0.3) is 0 Å². The summed E-state index contributed by atoms with van der Waals surface area (Å²) < 4.78 is 2.03. The molecule has 0 bridgehead atoms. The Morgan fingerprint density at radius 1 is 0.731 bits per heavy atom. The van der Waals surface area contributed by atoms with Crippen LogP contribution in [-0.4, -0.2) is 5.71 Å². The summed E-state index contributed by atoms with van der Waals surface area (Å²) in [4.78, 5) is 0. The summed E-state index contributed by atoms with van der Waals surface area (Å²) in [6, 6.07) is 26.4. The van der Waals surface area contributed by atoms with E-state index in [4.69, 9.17) is 5.10 Å². The van der Waals surface area contributed by atoms with E-state index in [9.17, 15) is 0 Å². The third-order valence-electron chi connectivity index (χ3n) is 3.96. The van der Waals surface area contributed by atoms with Gasteiger partial charge in [-0.05, 0) is 36.4 Å². The lowest BCUT2D eigenvalue weighted by atomic mass is 10.1. The molecular formula is C21H15Br2N3. The summed E-state index contributed by atoms with van der Waals surface area (Å²) in [5.74, 6) is 0. The molecule has 128 valence electrons. The third-order valence-corrected chi connectivity index (χ3v) is 4.87. The van der Waals surface area contributed by atoms with Crippen LogP contribution in [0.2, 0.25) is 0 Å². The molecule has 0 saturated heterocycles. The lowest BCUT2D eigenvalue weighted by Gasteiger charge is -2.28. The van der Waals surface area contributed by atoms with Crippen molar-refractivity contribution in [1.82, 2.24) is 5.43 Å². The Kier molecular flexibility index (Phi) is 4.91. The molecule has 0 aliphatic carbocycles. The van der Waals surface area contributed by atoms with Crippen LogP contribution in [0.3, 0.4) is 0 Å². The van der Waals surface area contributed by atoms with E-state index in [1.54, 1.807) is 0 Å². The number of para-hydroxylation sites is 1. The first kappa shape index (κ1) is 17.1. The van der Waals surface area contributed by atoms with Crippen molar-refractivity contribution >= 4 is 49.0 Å². The average molecular weight is 469 g/mol. The van der Waals surface area contributed by atoms with Crippen LogP contribution in [-0.2, 0) is 0 Å². The average Bonchev–Trinajstić information content (AvgIpc) is 2.68. The van der Waals surface area contributed by atoms with Crippen LogP contribution in [0.25, 0.3) is 5.70 Å². The van der Waals surface area contributed by atoms with Crippen molar-refractivity contribution in [2.75, 3.05) is 5.12 Å². The van der Waals surface area contributed by atoms with E-state index in [0.717, 1.165) is 37.2 Å². The van der Waals surface area contributed by atoms with Gasteiger partial charge < -0.3 is 0 Å². The molecular weight excluding hydrogens is 454 g/mol. The van der Waals surface area contributed by atoms with Gasteiger partial charge in [-0.15, -0.1) is 0 Å². The smallest absolute Gasteiger partial charge is 0.0949 e. The Labute approximate surface area is 169 Å². The highest BCUT2D eigenvalue weighted by Crippen LogP contribution is 2.27. The topological polar surface area (TPSA) is 27.6 Å². The number of hydrazine groups is 1. The van der Waals surface area contributed by atoms with E-state index >= 15 is 0 Å². The molecule has 0 unspecified atom stereocenters. The van der Waals surface area contributed by atoms with Crippen molar-refractivity contribution in [3.8, 4) is 0 Å². The van der Waals surface area contributed by atoms with Crippen molar-refractivity contribution in [3.63, 3.8) is 0 Å². The van der Waals surface area contributed by atoms with Crippen LogP contribution in [0.4, 0.5) is 5.69 Å². The number of halogens is 2. The minimum atomic E-state index is 0.902. The van der Waals surface area contributed by atoms with E-state index in [-0.39, 0.29) is 0 Å². The van der Waals surface area contributed by atoms with E-state index in [0.29, 0.717) is 0 Å². The van der Waals surface area contributed by atoms with Gasteiger partial charge in [0.1, 0.15) is 0 Å². The zero-order valence-electron chi connectivity index (χ0n) is 13.7. The molecule has 3 aromatic rings. The first-order valence-corrected chi connectivity index (χ1v) is 9.72. The lowest BCUT2D eigenvalue weighted by molar-refractivity contribution is 0.787. The molecule has 0 radical (unpaired) electrons. The van der Waals surface area contributed by atoms with Gasteiger partial charge in [0.05, 0.1) is 17.1 Å². The summed E-state index contributed by atoms with van der Waals surface area (Å²) in [5, 5.41) is 6.59. The normalized spacial score (nSPS) is 13.7. The Bertz CT molecular complexity index is 962.